The Morgan fingerprint density at radius 1 is 1.03 bits per heavy atom. The maximum atomic E-state index is 13.5. The average molecular weight is 470 g/mol. The molecule has 4 rings (SSSR count). The molecule has 0 atom stereocenters. The van der Waals surface area contributed by atoms with Crippen molar-refractivity contribution in [1.82, 2.24) is 9.29 Å². The van der Waals surface area contributed by atoms with Crippen molar-refractivity contribution in [3.63, 3.8) is 0 Å². The predicted octanol–water partition coefficient (Wildman–Crippen LogP) is 5.12. The van der Waals surface area contributed by atoms with Crippen LogP contribution in [0.15, 0.2) is 78.0 Å². The second-order valence-corrected chi connectivity index (χ2v) is 10.2. The van der Waals surface area contributed by atoms with Gasteiger partial charge in [0.2, 0.25) is 10.0 Å². The molecule has 1 heterocycles. The Bertz CT molecular complexity index is 1160. The Morgan fingerprint density at radius 3 is 2.34 bits per heavy atom. The molecule has 1 fully saturated rings. The van der Waals surface area contributed by atoms with Crippen LogP contribution in [0, 0.1) is 0 Å². The number of rotatable bonds is 7. The zero-order valence-electron chi connectivity index (χ0n) is 17.4. The Morgan fingerprint density at radius 2 is 1.72 bits per heavy atom. The third-order valence-electron chi connectivity index (χ3n) is 5.63. The van der Waals surface area contributed by atoms with Crippen LogP contribution in [0.1, 0.15) is 41.6 Å². The molecule has 166 valence electrons. The molecule has 1 saturated carbocycles. The minimum atomic E-state index is -3.71. The smallest absolute Gasteiger partial charge is 0.257 e. The lowest BCUT2D eigenvalue weighted by atomic mass is 10.2. The number of amides is 1. The third kappa shape index (κ3) is 5.18. The molecule has 0 spiro atoms. The first-order valence-corrected chi connectivity index (χ1v) is 12.3. The van der Waals surface area contributed by atoms with E-state index in [4.69, 9.17) is 11.6 Å². The normalized spacial score (nSPS) is 14.6. The summed E-state index contributed by atoms with van der Waals surface area (Å²) in [7, 11) is -3.71. The van der Waals surface area contributed by atoms with Gasteiger partial charge in [-0.05, 0) is 66.9 Å². The van der Waals surface area contributed by atoms with Crippen LogP contribution in [0.3, 0.4) is 0 Å². The summed E-state index contributed by atoms with van der Waals surface area (Å²) in [4.78, 5) is 16.5. The Hall–Kier alpha value is -2.74. The minimum absolute atomic E-state index is 0.0272. The molecule has 8 heteroatoms. The summed E-state index contributed by atoms with van der Waals surface area (Å²) >= 11 is 5.99. The Kier molecular flexibility index (Phi) is 6.89. The van der Waals surface area contributed by atoms with Gasteiger partial charge in [-0.3, -0.25) is 9.78 Å². The summed E-state index contributed by atoms with van der Waals surface area (Å²) in [6.45, 7) is 0.295. The summed E-state index contributed by atoms with van der Waals surface area (Å²) in [6, 6.07) is 16.9. The van der Waals surface area contributed by atoms with E-state index in [-0.39, 0.29) is 16.8 Å². The van der Waals surface area contributed by atoms with Gasteiger partial charge in [0.25, 0.3) is 5.91 Å². The van der Waals surface area contributed by atoms with Crippen molar-refractivity contribution in [3.8, 4) is 0 Å². The highest BCUT2D eigenvalue weighted by atomic mass is 35.5. The van der Waals surface area contributed by atoms with Gasteiger partial charge in [-0.2, -0.15) is 4.31 Å². The summed E-state index contributed by atoms with van der Waals surface area (Å²) < 4.78 is 28.7. The molecule has 1 N–H and O–H groups in total. The molecule has 2 aromatic carbocycles. The van der Waals surface area contributed by atoms with Crippen molar-refractivity contribution >= 4 is 33.2 Å². The molecule has 0 unspecified atom stereocenters. The number of carbonyl (C=O) groups is 1. The topological polar surface area (TPSA) is 79.4 Å². The second-order valence-electron chi connectivity index (χ2n) is 7.84. The largest absolute Gasteiger partial charge is 0.322 e. The number of carbonyl (C=O) groups excluding carboxylic acids is 1. The lowest BCUT2D eigenvalue weighted by Gasteiger charge is -2.28. The average Bonchev–Trinajstić information content (AvgIpc) is 3.34. The van der Waals surface area contributed by atoms with Crippen molar-refractivity contribution in [1.29, 1.82) is 0 Å². The van der Waals surface area contributed by atoms with Gasteiger partial charge < -0.3 is 5.32 Å². The van der Waals surface area contributed by atoms with E-state index in [2.05, 4.69) is 10.3 Å². The Balaban J connectivity index is 1.55. The molecule has 1 aliphatic rings. The molecule has 0 radical (unpaired) electrons. The second kappa shape index (κ2) is 9.81. The summed E-state index contributed by atoms with van der Waals surface area (Å²) in [6.07, 6.45) is 6.83. The molecule has 6 nitrogen and oxygen atoms in total. The highest BCUT2D eigenvalue weighted by Gasteiger charge is 2.33. The van der Waals surface area contributed by atoms with Crippen LogP contribution in [0.4, 0.5) is 5.69 Å². The van der Waals surface area contributed by atoms with E-state index in [0.29, 0.717) is 22.8 Å². The minimum Gasteiger partial charge on any atom is -0.322 e. The van der Waals surface area contributed by atoms with Crippen LogP contribution in [0.25, 0.3) is 0 Å². The van der Waals surface area contributed by atoms with E-state index < -0.39 is 10.0 Å². The van der Waals surface area contributed by atoms with Gasteiger partial charge in [-0.25, -0.2) is 8.42 Å². The number of hydrogen-bond donors (Lipinski definition) is 1. The van der Waals surface area contributed by atoms with E-state index >= 15 is 0 Å². The fourth-order valence-corrected chi connectivity index (χ4v) is 5.72. The summed E-state index contributed by atoms with van der Waals surface area (Å²) in [5, 5.41) is 3.38. The first-order chi connectivity index (χ1) is 15.4. The molecule has 1 aromatic heterocycles. The number of sulfonamides is 1. The van der Waals surface area contributed by atoms with Gasteiger partial charge in [0.1, 0.15) is 0 Å². The molecular weight excluding hydrogens is 446 g/mol. The highest BCUT2D eigenvalue weighted by Crippen LogP contribution is 2.31. The molecule has 1 amide bonds. The molecule has 0 saturated heterocycles. The molecule has 0 bridgehead atoms. The SMILES string of the molecule is O=C(Nc1ccc(S(=O)(=O)N(Cc2ccc(Cl)cc2)C2CCCC2)cc1)c1cccnc1. The van der Waals surface area contributed by atoms with Crippen LogP contribution in [-0.4, -0.2) is 29.7 Å². The van der Waals surface area contributed by atoms with Crippen LogP contribution in [0.5, 0.6) is 0 Å². The van der Waals surface area contributed by atoms with Crippen LogP contribution in [0.2, 0.25) is 5.02 Å². The van der Waals surface area contributed by atoms with E-state index in [9.17, 15) is 13.2 Å². The lowest BCUT2D eigenvalue weighted by Crippen LogP contribution is -2.38. The van der Waals surface area contributed by atoms with Gasteiger partial charge in [0.05, 0.1) is 10.5 Å². The molecule has 3 aromatic rings. The van der Waals surface area contributed by atoms with E-state index in [1.54, 1.807) is 46.9 Å². The fraction of sp³-hybridized carbons (Fsp3) is 0.250. The van der Waals surface area contributed by atoms with Crippen LogP contribution in [-0.2, 0) is 16.6 Å². The summed E-state index contributed by atoms with van der Waals surface area (Å²) in [5.74, 6) is -0.302. The highest BCUT2D eigenvalue weighted by molar-refractivity contribution is 7.89. The third-order valence-corrected chi connectivity index (χ3v) is 7.79. The van der Waals surface area contributed by atoms with Gasteiger partial charge in [0.15, 0.2) is 0 Å². The maximum Gasteiger partial charge on any atom is 0.257 e. The number of nitrogens with zero attached hydrogens (tertiary/aromatic N) is 2. The number of anilines is 1. The van der Waals surface area contributed by atoms with Crippen molar-refractivity contribution in [2.75, 3.05) is 5.32 Å². The zero-order valence-corrected chi connectivity index (χ0v) is 19.0. The van der Waals surface area contributed by atoms with Gasteiger partial charge >= 0.3 is 0 Å². The van der Waals surface area contributed by atoms with Crippen molar-refractivity contribution in [2.24, 2.45) is 0 Å². The van der Waals surface area contributed by atoms with Gasteiger partial charge in [0, 0.05) is 35.7 Å². The fourth-order valence-electron chi connectivity index (χ4n) is 3.92. The van der Waals surface area contributed by atoms with Crippen molar-refractivity contribution in [3.05, 3.63) is 89.2 Å². The van der Waals surface area contributed by atoms with Crippen LogP contribution >= 0.6 is 11.6 Å². The molecule has 32 heavy (non-hydrogen) atoms. The van der Waals surface area contributed by atoms with Gasteiger partial charge in [-0.1, -0.05) is 36.6 Å². The lowest BCUT2D eigenvalue weighted by molar-refractivity contribution is 0.102. The van der Waals surface area contributed by atoms with E-state index in [1.807, 2.05) is 12.1 Å². The Labute approximate surface area is 193 Å². The zero-order chi connectivity index (χ0) is 22.6. The number of pyridine rings is 1. The van der Waals surface area contributed by atoms with Crippen LogP contribution < -0.4 is 5.32 Å². The number of nitrogens with one attached hydrogen (secondary N) is 1. The number of hydrogen-bond acceptors (Lipinski definition) is 4. The summed E-state index contributed by atoms with van der Waals surface area (Å²) in [5.41, 5.74) is 1.84. The standard InChI is InChI=1S/C24H24ClN3O3S/c25-20-9-7-18(8-10-20)17-28(22-5-1-2-6-22)32(30,31)23-13-11-21(12-14-23)27-24(29)19-4-3-15-26-16-19/h3-4,7-16,22H,1-2,5-6,17H2,(H,27,29). The molecule has 1 aliphatic carbocycles. The molecule has 0 aliphatic heterocycles. The van der Waals surface area contributed by atoms with Gasteiger partial charge in [-0.15, -0.1) is 0 Å². The van der Waals surface area contributed by atoms with Crippen molar-refractivity contribution in [2.45, 2.75) is 43.2 Å². The quantitative estimate of drug-likeness (QED) is 0.520. The predicted molar refractivity (Wildman–Crippen MR) is 125 cm³/mol. The number of halogens is 1. The maximum absolute atomic E-state index is 13.5. The van der Waals surface area contributed by atoms with Crippen molar-refractivity contribution < 1.29 is 13.2 Å². The monoisotopic (exact) mass is 469 g/mol. The number of aromatic nitrogens is 1. The van der Waals surface area contributed by atoms with E-state index in [1.165, 1.54) is 18.3 Å². The first kappa shape index (κ1) is 22.5. The van der Waals surface area contributed by atoms with E-state index in [0.717, 1.165) is 31.2 Å². The number of benzene rings is 2. The first-order valence-electron chi connectivity index (χ1n) is 10.5. The molecular formula is C24H24ClN3O3S.